The highest BCUT2D eigenvalue weighted by Gasteiger charge is 2.05. The predicted molar refractivity (Wildman–Crippen MR) is 80.3 cm³/mol. The summed E-state index contributed by atoms with van der Waals surface area (Å²) in [7, 11) is 0. The number of nitrogens with zero attached hydrogens (tertiary/aromatic N) is 2. The van der Waals surface area contributed by atoms with Crippen LogP contribution in [0, 0.1) is 6.92 Å². The molecule has 0 aliphatic rings. The number of anilines is 2. The molecule has 1 aromatic carbocycles. The number of hydrogen-bond donors (Lipinski definition) is 2. The summed E-state index contributed by atoms with van der Waals surface area (Å²) >= 11 is 1.70. The molecule has 0 saturated heterocycles. The van der Waals surface area contributed by atoms with E-state index in [4.69, 9.17) is 5.73 Å². The highest BCUT2D eigenvalue weighted by Crippen LogP contribution is 2.26. The Morgan fingerprint density at radius 3 is 2.95 bits per heavy atom. The van der Waals surface area contributed by atoms with Crippen LogP contribution >= 0.6 is 11.3 Å². The van der Waals surface area contributed by atoms with Gasteiger partial charge in [-0.15, -0.1) is 11.3 Å². The van der Waals surface area contributed by atoms with Gasteiger partial charge in [-0.25, -0.2) is 4.98 Å². The van der Waals surface area contributed by atoms with Gasteiger partial charge in [0.15, 0.2) is 0 Å². The molecule has 4 nitrogen and oxygen atoms in total. The molecule has 3 N–H and O–H groups in total. The molecule has 0 aliphatic heterocycles. The van der Waals surface area contributed by atoms with Gasteiger partial charge in [0.05, 0.1) is 17.7 Å². The van der Waals surface area contributed by atoms with E-state index in [0.29, 0.717) is 6.54 Å². The molecule has 3 rings (SSSR count). The third-order valence-corrected chi connectivity index (χ3v) is 3.82. The van der Waals surface area contributed by atoms with Gasteiger partial charge in [-0.05, 0) is 31.2 Å². The Morgan fingerprint density at radius 2 is 2.16 bits per heavy atom. The summed E-state index contributed by atoms with van der Waals surface area (Å²) < 4.78 is 0. The summed E-state index contributed by atoms with van der Waals surface area (Å²) in [5.41, 5.74) is 8.59. The zero-order valence-corrected chi connectivity index (χ0v) is 11.4. The van der Waals surface area contributed by atoms with E-state index < -0.39 is 0 Å². The van der Waals surface area contributed by atoms with Gasteiger partial charge in [0.25, 0.3) is 0 Å². The van der Waals surface area contributed by atoms with Crippen molar-refractivity contribution in [3.05, 3.63) is 46.5 Å². The number of nitrogen functional groups attached to an aromatic ring is 1. The lowest BCUT2D eigenvalue weighted by Crippen LogP contribution is -2.01. The summed E-state index contributed by atoms with van der Waals surface area (Å²) in [6, 6.07) is 7.74. The number of nitrogens with two attached hydrogens (primary N) is 1. The summed E-state index contributed by atoms with van der Waals surface area (Å²) in [4.78, 5) is 9.96. The molecule has 0 aliphatic carbocycles. The molecule has 2 heterocycles. The number of thiazole rings is 1. The van der Waals surface area contributed by atoms with Crippen LogP contribution in [0.15, 0.2) is 36.7 Å². The van der Waals surface area contributed by atoms with Crippen LogP contribution in [-0.4, -0.2) is 9.97 Å². The molecular weight excluding hydrogens is 256 g/mol. The first-order valence-electron chi connectivity index (χ1n) is 6.02. The quantitative estimate of drug-likeness (QED) is 0.717. The largest absolute Gasteiger partial charge is 0.398 e. The molecular formula is C14H14N4S. The van der Waals surface area contributed by atoms with Crippen molar-refractivity contribution in [3.8, 4) is 0 Å². The monoisotopic (exact) mass is 270 g/mol. The van der Waals surface area contributed by atoms with Crippen molar-refractivity contribution >= 4 is 33.6 Å². The molecule has 96 valence electrons. The maximum atomic E-state index is 5.96. The van der Waals surface area contributed by atoms with Crippen molar-refractivity contribution in [3.63, 3.8) is 0 Å². The Bertz CT molecular complexity index is 720. The van der Waals surface area contributed by atoms with E-state index in [1.165, 1.54) is 4.88 Å². The second-order valence-corrected chi connectivity index (χ2v) is 5.64. The summed E-state index contributed by atoms with van der Waals surface area (Å²) in [5.74, 6) is 0. The summed E-state index contributed by atoms with van der Waals surface area (Å²) in [6.07, 6.45) is 3.67. The number of rotatable bonds is 3. The minimum absolute atomic E-state index is 0.702. The van der Waals surface area contributed by atoms with Gasteiger partial charge in [0.1, 0.15) is 5.01 Å². The van der Waals surface area contributed by atoms with Gasteiger partial charge in [-0.1, -0.05) is 0 Å². The Balaban J connectivity index is 1.91. The van der Waals surface area contributed by atoms with E-state index in [1.54, 1.807) is 17.5 Å². The average Bonchev–Trinajstić information content (AvgIpc) is 2.84. The third kappa shape index (κ3) is 2.37. The fraction of sp³-hybridized carbons (Fsp3) is 0.143. The van der Waals surface area contributed by atoms with Crippen molar-refractivity contribution in [1.29, 1.82) is 0 Å². The number of aryl methyl sites for hydroxylation is 1. The Hall–Kier alpha value is -2.14. The Morgan fingerprint density at radius 1 is 1.26 bits per heavy atom. The molecule has 3 aromatic rings. The molecule has 19 heavy (non-hydrogen) atoms. The van der Waals surface area contributed by atoms with Crippen LogP contribution in [-0.2, 0) is 6.54 Å². The predicted octanol–water partition coefficient (Wildman–Crippen LogP) is 3.19. The number of nitrogens with one attached hydrogen (secondary N) is 1. The third-order valence-electron chi connectivity index (χ3n) is 2.90. The zero-order chi connectivity index (χ0) is 13.2. The Kier molecular flexibility index (Phi) is 3.05. The highest BCUT2D eigenvalue weighted by atomic mass is 32.1. The second kappa shape index (κ2) is 4.85. The van der Waals surface area contributed by atoms with Crippen LogP contribution in [0.1, 0.15) is 9.88 Å². The molecule has 5 heteroatoms. The second-order valence-electron chi connectivity index (χ2n) is 4.32. The number of benzene rings is 1. The first-order chi connectivity index (χ1) is 9.24. The van der Waals surface area contributed by atoms with Gasteiger partial charge in [0.2, 0.25) is 0 Å². The fourth-order valence-corrected chi connectivity index (χ4v) is 2.72. The van der Waals surface area contributed by atoms with Crippen LogP contribution < -0.4 is 11.1 Å². The average molecular weight is 270 g/mol. The topological polar surface area (TPSA) is 63.8 Å². The first-order valence-corrected chi connectivity index (χ1v) is 6.84. The Labute approximate surface area is 115 Å². The molecule has 0 unspecified atom stereocenters. The van der Waals surface area contributed by atoms with E-state index in [0.717, 1.165) is 27.3 Å². The van der Waals surface area contributed by atoms with Crippen molar-refractivity contribution in [1.82, 2.24) is 9.97 Å². The van der Waals surface area contributed by atoms with Gasteiger partial charge < -0.3 is 11.1 Å². The van der Waals surface area contributed by atoms with E-state index in [-0.39, 0.29) is 0 Å². The van der Waals surface area contributed by atoms with Gasteiger partial charge in [-0.2, -0.15) is 0 Å². The number of aromatic nitrogens is 2. The van der Waals surface area contributed by atoms with Crippen LogP contribution in [0.3, 0.4) is 0 Å². The summed E-state index contributed by atoms with van der Waals surface area (Å²) in [6.45, 7) is 2.76. The number of hydrogen-bond acceptors (Lipinski definition) is 5. The number of fused-ring (bicyclic) bond motifs is 1. The molecule has 0 spiro atoms. The van der Waals surface area contributed by atoms with Crippen LogP contribution in [0.25, 0.3) is 10.9 Å². The van der Waals surface area contributed by atoms with E-state index in [2.05, 4.69) is 22.2 Å². The van der Waals surface area contributed by atoms with E-state index in [9.17, 15) is 0 Å². The normalized spacial score (nSPS) is 10.8. The van der Waals surface area contributed by atoms with Crippen molar-refractivity contribution in [2.24, 2.45) is 0 Å². The molecule has 2 aromatic heterocycles. The fourth-order valence-electron chi connectivity index (χ4n) is 1.99. The molecule has 0 saturated carbocycles. The van der Waals surface area contributed by atoms with Crippen molar-refractivity contribution in [2.75, 3.05) is 11.1 Å². The molecule has 0 fully saturated rings. The maximum Gasteiger partial charge on any atom is 0.112 e. The lowest BCUT2D eigenvalue weighted by molar-refractivity contribution is 1.10. The smallest absolute Gasteiger partial charge is 0.112 e. The van der Waals surface area contributed by atoms with E-state index in [1.807, 2.05) is 30.5 Å². The van der Waals surface area contributed by atoms with E-state index >= 15 is 0 Å². The summed E-state index contributed by atoms with van der Waals surface area (Å²) in [5, 5.41) is 5.42. The minimum Gasteiger partial charge on any atom is -0.398 e. The van der Waals surface area contributed by atoms with Crippen LogP contribution in [0.2, 0.25) is 0 Å². The lowest BCUT2D eigenvalue weighted by Gasteiger charge is -2.09. The highest BCUT2D eigenvalue weighted by molar-refractivity contribution is 7.11. The maximum absolute atomic E-state index is 5.96. The SMILES string of the molecule is Cc1cnc(CNc2ccc(N)c3cccnc23)s1. The molecule has 0 bridgehead atoms. The standard InChI is InChI=1S/C14H14N4S/c1-9-7-18-13(19-9)8-17-12-5-4-11(15)10-3-2-6-16-14(10)12/h2-7,17H,8,15H2,1H3. The number of pyridine rings is 1. The zero-order valence-electron chi connectivity index (χ0n) is 10.6. The molecule has 0 radical (unpaired) electrons. The van der Waals surface area contributed by atoms with Gasteiger partial charge in [0, 0.05) is 28.3 Å². The van der Waals surface area contributed by atoms with Gasteiger partial charge in [-0.3, -0.25) is 4.98 Å². The van der Waals surface area contributed by atoms with Gasteiger partial charge >= 0.3 is 0 Å². The van der Waals surface area contributed by atoms with Crippen LogP contribution in [0.4, 0.5) is 11.4 Å². The molecule has 0 atom stereocenters. The lowest BCUT2D eigenvalue weighted by atomic mass is 10.1. The first kappa shape index (κ1) is 11.9. The van der Waals surface area contributed by atoms with Crippen LogP contribution in [0.5, 0.6) is 0 Å². The minimum atomic E-state index is 0.702. The molecule has 0 amide bonds. The van der Waals surface area contributed by atoms with Crippen molar-refractivity contribution < 1.29 is 0 Å². The van der Waals surface area contributed by atoms with Crippen molar-refractivity contribution in [2.45, 2.75) is 13.5 Å².